The Morgan fingerprint density at radius 3 is 2.58 bits per heavy atom. The molecule has 5 aromatic rings. The van der Waals surface area contributed by atoms with E-state index in [0.717, 1.165) is 11.3 Å². The summed E-state index contributed by atoms with van der Waals surface area (Å²) in [6, 6.07) is 8.12. The number of alkyl halides is 1. The van der Waals surface area contributed by atoms with Gasteiger partial charge in [0.15, 0.2) is 11.5 Å². The number of ether oxygens (including phenoxy) is 3. The summed E-state index contributed by atoms with van der Waals surface area (Å²) < 4.78 is 49.4. The lowest BCUT2D eigenvalue weighted by atomic mass is 9.96. The van der Waals surface area contributed by atoms with Crippen molar-refractivity contribution in [2.24, 2.45) is 0 Å². The average molecular weight is 623 g/mol. The van der Waals surface area contributed by atoms with Crippen LogP contribution in [0.4, 0.5) is 20.4 Å². The van der Waals surface area contributed by atoms with Crippen molar-refractivity contribution in [2.75, 3.05) is 44.6 Å². The highest BCUT2D eigenvalue weighted by Crippen LogP contribution is 2.34. The van der Waals surface area contributed by atoms with Gasteiger partial charge in [-0.15, -0.1) is 5.10 Å². The van der Waals surface area contributed by atoms with Gasteiger partial charge in [-0.3, -0.25) is 4.68 Å². The molecule has 12 nitrogen and oxygen atoms in total. The lowest BCUT2D eigenvalue weighted by Crippen LogP contribution is -2.41. The Morgan fingerprint density at radius 1 is 1.04 bits per heavy atom. The number of nitrogens with one attached hydrogen (secondary N) is 1. The van der Waals surface area contributed by atoms with Crippen LogP contribution in [0.2, 0.25) is 0 Å². The Kier molecular flexibility index (Phi) is 8.08. The van der Waals surface area contributed by atoms with E-state index in [-0.39, 0.29) is 24.6 Å². The van der Waals surface area contributed by atoms with E-state index in [1.807, 2.05) is 17.0 Å². The number of fused-ring (bicyclic) bond motifs is 3. The van der Waals surface area contributed by atoms with Crippen molar-refractivity contribution in [3.05, 3.63) is 59.9 Å². The van der Waals surface area contributed by atoms with Gasteiger partial charge in [-0.1, -0.05) is 0 Å². The number of nitrogens with zero attached hydrogens (tertiary/aromatic N) is 7. The van der Waals surface area contributed by atoms with Crippen LogP contribution in [0.15, 0.2) is 42.7 Å². The molecule has 0 spiro atoms. The zero-order chi connectivity index (χ0) is 31.9. The highest BCUT2D eigenvalue weighted by molar-refractivity contribution is 5.96. The van der Waals surface area contributed by atoms with E-state index in [1.165, 1.54) is 23.8 Å². The van der Waals surface area contributed by atoms with E-state index in [0.29, 0.717) is 59.5 Å². The third-order valence-electron chi connectivity index (χ3n) is 7.77. The fourth-order valence-corrected chi connectivity index (χ4v) is 5.71. The van der Waals surface area contributed by atoms with Gasteiger partial charge in [-0.2, -0.15) is 9.61 Å². The summed E-state index contributed by atoms with van der Waals surface area (Å²) in [5, 5.41) is 23.1. The molecule has 0 radical (unpaired) electrons. The number of aromatic nitrogens is 6. The molecular weight excluding hydrogens is 586 g/mol. The number of halogens is 2. The molecule has 0 unspecified atom stereocenters. The molecule has 1 aliphatic heterocycles. The summed E-state index contributed by atoms with van der Waals surface area (Å²) in [4.78, 5) is 11.5. The van der Waals surface area contributed by atoms with Crippen LogP contribution < -0.4 is 24.4 Å². The predicted octanol–water partition coefficient (Wildman–Crippen LogP) is 4.35. The highest BCUT2D eigenvalue weighted by atomic mass is 19.1. The molecule has 1 fully saturated rings. The molecule has 45 heavy (non-hydrogen) atoms. The zero-order valence-electron chi connectivity index (χ0n) is 25.8. The molecule has 2 atom stereocenters. The molecule has 6 rings (SSSR count). The minimum Gasteiger partial charge on any atom is -0.497 e. The molecule has 0 aliphatic carbocycles. The first-order valence-corrected chi connectivity index (χ1v) is 14.6. The number of hydrogen-bond donors (Lipinski definition) is 2. The third-order valence-corrected chi connectivity index (χ3v) is 7.77. The van der Waals surface area contributed by atoms with Gasteiger partial charge in [0.25, 0.3) is 0 Å². The van der Waals surface area contributed by atoms with Crippen LogP contribution in [-0.4, -0.2) is 80.7 Å². The first kappa shape index (κ1) is 30.3. The first-order valence-electron chi connectivity index (χ1n) is 14.6. The summed E-state index contributed by atoms with van der Waals surface area (Å²) in [6.45, 7) is 4.67. The molecule has 1 aliphatic rings. The number of aliphatic hydroxyl groups is 1. The van der Waals surface area contributed by atoms with Gasteiger partial charge in [0, 0.05) is 49.4 Å². The molecule has 0 saturated carbocycles. The van der Waals surface area contributed by atoms with Crippen molar-refractivity contribution in [3.8, 4) is 17.2 Å². The maximum Gasteiger partial charge on any atom is 0.226 e. The fourth-order valence-electron chi connectivity index (χ4n) is 5.71. The second-order valence-corrected chi connectivity index (χ2v) is 11.8. The van der Waals surface area contributed by atoms with E-state index in [1.54, 1.807) is 51.2 Å². The Labute approximate surface area is 258 Å². The molecule has 238 valence electrons. The molecule has 1 saturated heterocycles. The highest BCUT2D eigenvalue weighted by Gasteiger charge is 2.32. The Hall–Kier alpha value is -4.72. The number of benzene rings is 2. The number of methoxy groups -OCH3 is 3. The van der Waals surface area contributed by atoms with Crippen LogP contribution in [0.25, 0.3) is 16.6 Å². The normalized spacial score (nSPS) is 17.2. The third kappa shape index (κ3) is 6.27. The van der Waals surface area contributed by atoms with E-state index in [2.05, 4.69) is 10.4 Å². The number of hydrogen-bond acceptors (Lipinski definition) is 10. The lowest BCUT2D eigenvalue weighted by Gasteiger charge is -2.34. The van der Waals surface area contributed by atoms with Crippen LogP contribution in [0, 0.1) is 5.82 Å². The number of rotatable bonds is 10. The summed E-state index contributed by atoms with van der Waals surface area (Å²) in [6.07, 6.45) is 2.55. The molecule has 4 heterocycles. The quantitative estimate of drug-likeness (QED) is 0.232. The first-order chi connectivity index (χ1) is 21.5. The second kappa shape index (κ2) is 12.0. The average Bonchev–Trinajstić information content (AvgIpc) is 3.66. The monoisotopic (exact) mass is 622 g/mol. The van der Waals surface area contributed by atoms with Gasteiger partial charge in [-0.25, -0.2) is 18.7 Å². The van der Waals surface area contributed by atoms with Gasteiger partial charge in [0.2, 0.25) is 5.95 Å². The maximum absolute atomic E-state index is 15.2. The summed E-state index contributed by atoms with van der Waals surface area (Å²) in [5.74, 6) is 1.41. The Bertz CT molecular complexity index is 1840. The lowest BCUT2D eigenvalue weighted by molar-refractivity contribution is 0.0577. The molecule has 0 bridgehead atoms. The van der Waals surface area contributed by atoms with E-state index < -0.39 is 17.6 Å². The molecule has 14 heteroatoms. The summed E-state index contributed by atoms with van der Waals surface area (Å²) in [5.41, 5.74) is 1.41. The van der Waals surface area contributed by atoms with Gasteiger partial charge >= 0.3 is 0 Å². The van der Waals surface area contributed by atoms with Crippen molar-refractivity contribution >= 4 is 28.2 Å². The Morgan fingerprint density at radius 2 is 1.84 bits per heavy atom. The molecule has 2 aromatic carbocycles. The zero-order valence-corrected chi connectivity index (χ0v) is 25.8. The fraction of sp³-hybridized carbons (Fsp3) is 0.419. The summed E-state index contributed by atoms with van der Waals surface area (Å²) in [7, 11) is 4.62. The van der Waals surface area contributed by atoms with Crippen molar-refractivity contribution in [1.29, 1.82) is 0 Å². The van der Waals surface area contributed by atoms with Crippen molar-refractivity contribution < 1.29 is 28.1 Å². The van der Waals surface area contributed by atoms with Gasteiger partial charge in [0.1, 0.15) is 34.8 Å². The minimum atomic E-state index is -1.14. The minimum absolute atomic E-state index is 0.196. The topological polar surface area (TPSA) is 124 Å². The summed E-state index contributed by atoms with van der Waals surface area (Å²) >= 11 is 0. The molecule has 0 amide bonds. The molecule has 2 N–H and O–H groups in total. The van der Waals surface area contributed by atoms with Crippen LogP contribution in [0.5, 0.6) is 17.2 Å². The molecular formula is C31H36F2N8O4. The second-order valence-electron chi connectivity index (χ2n) is 11.8. The molecule has 3 aromatic heterocycles. The predicted molar refractivity (Wildman–Crippen MR) is 165 cm³/mol. The van der Waals surface area contributed by atoms with Crippen molar-refractivity contribution in [3.63, 3.8) is 0 Å². The standard InChI is InChI=1S/C31H36F2N8O4/c1-31(2,42)17-40-16-22(13-35-40)39-14-19(8-21(33)15-39)28-37-29-24-9-20(32)10-26(45-5)27(24)36-30(41(29)38-28)34-12-18-6-7-23(43-3)11-25(18)44-4/h6-7,9-11,13,16,19,21,42H,8,12,14-15,17H2,1-5H3,(H,34,36)/t19-,21+/m0/s1. The largest absolute Gasteiger partial charge is 0.497 e. The van der Waals surface area contributed by atoms with Crippen LogP contribution in [0.3, 0.4) is 0 Å². The van der Waals surface area contributed by atoms with Crippen LogP contribution >= 0.6 is 0 Å². The van der Waals surface area contributed by atoms with Crippen molar-refractivity contribution in [2.45, 2.75) is 51.0 Å². The van der Waals surface area contributed by atoms with Crippen LogP contribution in [-0.2, 0) is 13.1 Å². The van der Waals surface area contributed by atoms with Crippen LogP contribution in [0.1, 0.15) is 37.6 Å². The van der Waals surface area contributed by atoms with E-state index >= 15 is 4.39 Å². The SMILES string of the molecule is COc1ccc(CNc2nc3c(OC)cc(F)cc3c3nc([C@H]4C[C@@H](F)CN(c5cnn(CC(C)(C)O)c5)C4)nn23)c(OC)c1. The number of piperidine rings is 1. The smallest absolute Gasteiger partial charge is 0.226 e. The van der Waals surface area contributed by atoms with Gasteiger partial charge in [0.05, 0.1) is 50.7 Å². The Balaban J connectivity index is 1.37. The maximum atomic E-state index is 15.2. The van der Waals surface area contributed by atoms with Gasteiger partial charge < -0.3 is 29.5 Å². The van der Waals surface area contributed by atoms with E-state index in [9.17, 15) is 9.50 Å². The van der Waals surface area contributed by atoms with Crippen molar-refractivity contribution in [1.82, 2.24) is 29.4 Å². The van der Waals surface area contributed by atoms with Gasteiger partial charge in [-0.05, 0) is 38.5 Å². The number of anilines is 2. The van der Waals surface area contributed by atoms with E-state index in [4.69, 9.17) is 29.3 Å².